The molecule has 80 valence electrons. The van der Waals surface area contributed by atoms with Crippen LogP contribution in [0.4, 0.5) is 0 Å². The van der Waals surface area contributed by atoms with Gasteiger partial charge in [-0.3, -0.25) is 0 Å². The standard InChI is InChI=1S/C13H16BrN/c1-3-10(2)13(9-15)12-6-4-5-11(7-12)8-14/h4-7,10,13H,3,8H2,1-2H3. The molecule has 0 saturated heterocycles. The number of hydrogen-bond donors (Lipinski definition) is 0. The minimum absolute atomic E-state index is 0.0222. The first-order chi connectivity index (χ1) is 7.22. The van der Waals surface area contributed by atoms with Gasteiger partial charge < -0.3 is 0 Å². The molecule has 1 aromatic carbocycles. The van der Waals surface area contributed by atoms with Gasteiger partial charge in [0.25, 0.3) is 0 Å². The highest BCUT2D eigenvalue weighted by molar-refractivity contribution is 9.08. The highest BCUT2D eigenvalue weighted by atomic mass is 79.9. The average molecular weight is 266 g/mol. The van der Waals surface area contributed by atoms with Crippen molar-refractivity contribution < 1.29 is 0 Å². The molecule has 0 aliphatic carbocycles. The summed E-state index contributed by atoms with van der Waals surface area (Å²) in [5.74, 6) is 0.439. The lowest BCUT2D eigenvalue weighted by atomic mass is 9.86. The van der Waals surface area contributed by atoms with Crippen molar-refractivity contribution in [1.82, 2.24) is 0 Å². The lowest BCUT2D eigenvalue weighted by Gasteiger charge is -2.16. The first-order valence-corrected chi connectivity index (χ1v) is 6.39. The fraction of sp³-hybridized carbons (Fsp3) is 0.462. The molecule has 1 nitrogen and oxygen atoms in total. The zero-order chi connectivity index (χ0) is 11.3. The largest absolute Gasteiger partial charge is 0.198 e. The Morgan fingerprint density at radius 2 is 2.20 bits per heavy atom. The van der Waals surface area contributed by atoms with Gasteiger partial charge >= 0.3 is 0 Å². The lowest BCUT2D eigenvalue weighted by Crippen LogP contribution is -2.07. The lowest BCUT2D eigenvalue weighted by molar-refractivity contribution is 0.514. The first kappa shape index (κ1) is 12.3. The van der Waals surface area contributed by atoms with Crippen molar-refractivity contribution in [3.05, 3.63) is 35.4 Å². The molecular weight excluding hydrogens is 250 g/mol. The normalized spacial score (nSPS) is 14.3. The van der Waals surface area contributed by atoms with E-state index >= 15 is 0 Å². The van der Waals surface area contributed by atoms with E-state index in [1.807, 2.05) is 12.1 Å². The van der Waals surface area contributed by atoms with Crippen LogP contribution < -0.4 is 0 Å². The summed E-state index contributed by atoms with van der Waals surface area (Å²) < 4.78 is 0. The van der Waals surface area contributed by atoms with Gasteiger partial charge in [0.1, 0.15) is 0 Å². The maximum absolute atomic E-state index is 9.18. The predicted molar refractivity (Wildman–Crippen MR) is 66.9 cm³/mol. The molecule has 2 heteroatoms. The van der Waals surface area contributed by atoms with Crippen molar-refractivity contribution in [3.8, 4) is 6.07 Å². The topological polar surface area (TPSA) is 23.8 Å². The van der Waals surface area contributed by atoms with E-state index in [1.54, 1.807) is 0 Å². The molecule has 0 heterocycles. The maximum atomic E-state index is 9.18. The van der Waals surface area contributed by atoms with Crippen molar-refractivity contribution in [1.29, 1.82) is 5.26 Å². The van der Waals surface area contributed by atoms with Crippen LogP contribution in [0.5, 0.6) is 0 Å². The van der Waals surface area contributed by atoms with Crippen LogP contribution in [0, 0.1) is 17.2 Å². The molecule has 2 atom stereocenters. The number of rotatable bonds is 4. The number of alkyl halides is 1. The monoisotopic (exact) mass is 265 g/mol. The smallest absolute Gasteiger partial charge is 0.0738 e. The van der Waals surface area contributed by atoms with Crippen LogP contribution >= 0.6 is 15.9 Å². The fourth-order valence-electron chi connectivity index (χ4n) is 1.64. The number of nitriles is 1. The minimum Gasteiger partial charge on any atom is -0.198 e. The van der Waals surface area contributed by atoms with Gasteiger partial charge in [0.2, 0.25) is 0 Å². The van der Waals surface area contributed by atoms with E-state index < -0.39 is 0 Å². The van der Waals surface area contributed by atoms with Gasteiger partial charge in [-0.15, -0.1) is 0 Å². The van der Waals surface area contributed by atoms with Gasteiger partial charge in [0.05, 0.1) is 12.0 Å². The molecule has 0 bridgehead atoms. The number of nitrogens with zero attached hydrogens (tertiary/aromatic N) is 1. The molecule has 0 radical (unpaired) electrons. The maximum Gasteiger partial charge on any atom is 0.0738 e. The first-order valence-electron chi connectivity index (χ1n) is 5.27. The van der Waals surface area contributed by atoms with Crippen molar-refractivity contribution in [2.24, 2.45) is 5.92 Å². The van der Waals surface area contributed by atoms with Crippen molar-refractivity contribution in [2.45, 2.75) is 31.5 Å². The van der Waals surface area contributed by atoms with Crippen molar-refractivity contribution >= 4 is 15.9 Å². The van der Waals surface area contributed by atoms with Gasteiger partial charge in [0.15, 0.2) is 0 Å². The second-order valence-electron chi connectivity index (χ2n) is 3.87. The van der Waals surface area contributed by atoms with Gasteiger partial charge in [-0.2, -0.15) is 5.26 Å². The number of halogens is 1. The van der Waals surface area contributed by atoms with Crippen LogP contribution in [0.15, 0.2) is 24.3 Å². The Morgan fingerprint density at radius 1 is 1.47 bits per heavy atom. The zero-order valence-electron chi connectivity index (χ0n) is 9.20. The van der Waals surface area contributed by atoms with Crippen molar-refractivity contribution in [3.63, 3.8) is 0 Å². The summed E-state index contributed by atoms with van der Waals surface area (Å²) in [5.41, 5.74) is 2.37. The molecular formula is C13H16BrN. The van der Waals surface area contributed by atoms with Crippen LogP contribution in [0.1, 0.15) is 37.3 Å². The Morgan fingerprint density at radius 3 is 2.73 bits per heavy atom. The molecule has 0 N–H and O–H groups in total. The van der Waals surface area contributed by atoms with E-state index in [4.69, 9.17) is 0 Å². The minimum atomic E-state index is 0.0222. The summed E-state index contributed by atoms with van der Waals surface area (Å²) in [4.78, 5) is 0. The third-order valence-electron chi connectivity index (χ3n) is 2.82. The molecule has 0 aliphatic heterocycles. The molecule has 0 amide bonds. The van der Waals surface area contributed by atoms with Gasteiger partial charge in [0, 0.05) is 5.33 Å². The second-order valence-corrected chi connectivity index (χ2v) is 4.43. The molecule has 1 aromatic rings. The summed E-state index contributed by atoms with van der Waals surface area (Å²) in [6, 6.07) is 10.7. The third-order valence-corrected chi connectivity index (χ3v) is 3.46. The van der Waals surface area contributed by atoms with Crippen LogP contribution in [-0.2, 0) is 5.33 Å². The quantitative estimate of drug-likeness (QED) is 0.748. The summed E-state index contributed by atoms with van der Waals surface area (Å²) in [5, 5.41) is 10.0. The second kappa shape index (κ2) is 5.92. The summed E-state index contributed by atoms with van der Waals surface area (Å²) in [6.45, 7) is 4.26. The van der Waals surface area contributed by atoms with E-state index in [0.29, 0.717) is 5.92 Å². The Hall–Kier alpha value is -0.810. The highest BCUT2D eigenvalue weighted by Crippen LogP contribution is 2.27. The highest BCUT2D eigenvalue weighted by Gasteiger charge is 2.17. The van der Waals surface area contributed by atoms with E-state index in [0.717, 1.165) is 17.3 Å². The van der Waals surface area contributed by atoms with Gasteiger partial charge in [-0.25, -0.2) is 0 Å². The zero-order valence-corrected chi connectivity index (χ0v) is 10.8. The van der Waals surface area contributed by atoms with Gasteiger partial charge in [-0.05, 0) is 17.0 Å². The predicted octanol–water partition coefficient (Wildman–Crippen LogP) is 4.23. The molecule has 2 unspecified atom stereocenters. The fourth-order valence-corrected chi connectivity index (χ4v) is 1.98. The Labute approximate surface area is 100 Å². The Kier molecular flexibility index (Phi) is 4.84. The molecule has 0 saturated carbocycles. The molecule has 15 heavy (non-hydrogen) atoms. The van der Waals surface area contributed by atoms with E-state index in [-0.39, 0.29) is 5.92 Å². The SMILES string of the molecule is CCC(C)C(C#N)c1cccc(CBr)c1. The van der Waals surface area contributed by atoms with Crippen LogP contribution in [0.3, 0.4) is 0 Å². The molecule has 0 aromatic heterocycles. The van der Waals surface area contributed by atoms with Gasteiger partial charge in [-0.1, -0.05) is 60.5 Å². The van der Waals surface area contributed by atoms with Crippen LogP contribution in [0.2, 0.25) is 0 Å². The molecule has 0 fully saturated rings. The molecule has 0 aliphatic rings. The Bertz CT molecular complexity index is 354. The summed E-state index contributed by atoms with van der Waals surface area (Å²) >= 11 is 3.43. The molecule has 0 spiro atoms. The van der Waals surface area contributed by atoms with E-state index in [2.05, 4.69) is 48.0 Å². The Balaban J connectivity index is 2.97. The van der Waals surface area contributed by atoms with Crippen LogP contribution in [0.25, 0.3) is 0 Å². The summed E-state index contributed by atoms with van der Waals surface area (Å²) in [7, 11) is 0. The van der Waals surface area contributed by atoms with Crippen LogP contribution in [-0.4, -0.2) is 0 Å². The number of benzene rings is 1. The molecule has 1 rings (SSSR count). The average Bonchev–Trinajstić information content (AvgIpc) is 2.30. The van der Waals surface area contributed by atoms with Crippen molar-refractivity contribution in [2.75, 3.05) is 0 Å². The number of hydrogen-bond acceptors (Lipinski definition) is 1. The van der Waals surface area contributed by atoms with E-state index in [1.165, 1.54) is 5.56 Å². The summed E-state index contributed by atoms with van der Waals surface area (Å²) in [6.07, 6.45) is 1.04. The van der Waals surface area contributed by atoms with E-state index in [9.17, 15) is 5.26 Å². The third kappa shape index (κ3) is 3.07.